The number of aryl methyl sites for hydroxylation is 2. The Balaban J connectivity index is 1.54. The van der Waals surface area contributed by atoms with Crippen LogP contribution < -0.4 is 11.1 Å². The molecule has 0 bridgehead atoms. The standard InChI is InChI=1S/C17H17N7O2S/c1-10-20-12-7-11(3-4-13(12)24(10)6-2-5-18)15(25)21-17-23-22-16(27-17)14-8-19-9-26-14/h3-4,7-9H,2,5-6,18H2,1H3,(H,21,23,25). The number of nitrogens with one attached hydrogen (secondary N) is 1. The van der Waals surface area contributed by atoms with E-state index in [1.165, 1.54) is 17.7 Å². The highest BCUT2D eigenvalue weighted by Gasteiger charge is 2.15. The van der Waals surface area contributed by atoms with E-state index in [2.05, 4.69) is 30.0 Å². The predicted molar refractivity (Wildman–Crippen MR) is 102 cm³/mol. The minimum Gasteiger partial charge on any atom is -0.441 e. The number of carbonyl (C=O) groups is 1. The van der Waals surface area contributed by atoms with Gasteiger partial charge in [-0.05, 0) is 38.1 Å². The van der Waals surface area contributed by atoms with E-state index in [1.54, 1.807) is 18.3 Å². The molecule has 3 aromatic heterocycles. The lowest BCUT2D eigenvalue weighted by Crippen LogP contribution is -2.11. The van der Waals surface area contributed by atoms with Crippen molar-refractivity contribution in [2.75, 3.05) is 11.9 Å². The number of fused-ring (bicyclic) bond motifs is 1. The quantitative estimate of drug-likeness (QED) is 0.524. The zero-order valence-electron chi connectivity index (χ0n) is 14.5. The van der Waals surface area contributed by atoms with Gasteiger partial charge in [0.25, 0.3) is 5.91 Å². The molecule has 1 amide bonds. The predicted octanol–water partition coefficient (Wildman–Crippen LogP) is 2.45. The summed E-state index contributed by atoms with van der Waals surface area (Å²) in [5.41, 5.74) is 7.87. The number of carbonyl (C=O) groups excluding carboxylic acids is 1. The number of benzene rings is 1. The number of nitrogens with two attached hydrogens (primary N) is 1. The van der Waals surface area contributed by atoms with Crippen molar-refractivity contribution in [3.63, 3.8) is 0 Å². The van der Waals surface area contributed by atoms with Gasteiger partial charge < -0.3 is 14.7 Å². The van der Waals surface area contributed by atoms with Crippen LogP contribution in [0.1, 0.15) is 22.6 Å². The Hall–Kier alpha value is -3.11. The van der Waals surface area contributed by atoms with Crippen LogP contribution in [0.5, 0.6) is 0 Å². The fraction of sp³-hybridized carbons (Fsp3) is 0.235. The fourth-order valence-corrected chi connectivity index (χ4v) is 3.48. The van der Waals surface area contributed by atoms with Gasteiger partial charge in [-0.1, -0.05) is 11.3 Å². The third-order valence-electron chi connectivity index (χ3n) is 4.08. The van der Waals surface area contributed by atoms with E-state index >= 15 is 0 Å². The Morgan fingerprint density at radius 2 is 2.26 bits per heavy atom. The summed E-state index contributed by atoms with van der Waals surface area (Å²) in [4.78, 5) is 21.0. The molecule has 0 aliphatic rings. The van der Waals surface area contributed by atoms with Crippen molar-refractivity contribution in [2.24, 2.45) is 5.73 Å². The van der Waals surface area contributed by atoms with E-state index in [4.69, 9.17) is 10.2 Å². The Labute approximate surface area is 158 Å². The van der Waals surface area contributed by atoms with Gasteiger partial charge >= 0.3 is 0 Å². The largest absolute Gasteiger partial charge is 0.441 e. The number of amides is 1. The summed E-state index contributed by atoms with van der Waals surface area (Å²) in [6, 6.07) is 5.45. The summed E-state index contributed by atoms with van der Waals surface area (Å²) in [5.74, 6) is 1.14. The molecule has 0 unspecified atom stereocenters. The lowest BCUT2D eigenvalue weighted by atomic mass is 10.2. The fourth-order valence-electron chi connectivity index (χ4n) is 2.79. The number of imidazole rings is 1. The molecule has 27 heavy (non-hydrogen) atoms. The van der Waals surface area contributed by atoms with Gasteiger partial charge in [0.1, 0.15) is 5.82 Å². The van der Waals surface area contributed by atoms with Crippen LogP contribution in [0.15, 0.2) is 35.2 Å². The highest BCUT2D eigenvalue weighted by molar-refractivity contribution is 7.18. The second-order valence-corrected chi connectivity index (χ2v) is 6.87. The summed E-state index contributed by atoms with van der Waals surface area (Å²) < 4.78 is 7.29. The maximum Gasteiger partial charge on any atom is 0.257 e. The molecular formula is C17H17N7O2S. The molecule has 0 saturated heterocycles. The number of nitrogens with zero attached hydrogens (tertiary/aromatic N) is 5. The van der Waals surface area contributed by atoms with Gasteiger partial charge in [-0.15, -0.1) is 10.2 Å². The summed E-state index contributed by atoms with van der Waals surface area (Å²) in [6.45, 7) is 3.37. The third kappa shape index (κ3) is 3.44. The van der Waals surface area contributed by atoms with Gasteiger partial charge in [0.2, 0.25) is 5.13 Å². The SMILES string of the molecule is Cc1nc2cc(C(=O)Nc3nnc(-c4cnco4)s3)ccc2n1CCCN. The molecule has 1 aromatic carbocycles. The first-order chi connectivity index (χ1) is 13.2. The van der Waals surface area contributed by atoms with Crippen molar-refractivity contribution in [1.29, 1.82) is 0 Å². The third-order valence-corrected chi connectivity index (χ3v) is 4.93. The molecule has 0 fully saturated rings. The summed E-state index contributed by atoms with van der Waals surface area (Å²) >= 11 is 1.21. The van der Waals surface area contributed by atoms with E-state index in [0.29, 0.717) is 28.0 Å². The van der Waals surface area contributed by atoms with Gasteiger partial charge in [0.05, 0.1) is 17.2 Å². The molecule has 138 valence electrons. The van der Waals surface area contributed by atoms with E-state index in [-0.39, 0.29) is 5.91 Å². The first-order valence-corrected chi connectivity index (χ1v) is 9.18. The molecule has 0 saturated carbocycles. The van der Waals surface area contributed by atoms with E-state index in [1.807, 2.05) is 13.0 Å². The molecule has 3 N–H and O–H groups in total. The zero-order valence-corrected chi connectivity index (χ0v) is 15.4. The van der Waals surface area contributed by atoms with Crippen molar-refractivity contribution < 1.29 is 9.21 Å². The van der Waals surface area contributed by atoms with Gasteiger partial charge in [0, 0.05) is 12.1 Å². The van der Waals surface area contributed by atoms with Crippen LogP contribution >= 0.6 is 11.3 Å². The topological polar surface area (TPSA) is 125 Å². The van der Waals surface area contributed by atoms with Crippen molar-refractivity contribution >= 4 is 33.4 Å². The zero-order chi connectivity index (χ0) is 18.8. The summed E-state index contributed by atoms with van der Waals surface area (Å²) in [5, 5.41) is 11.6. The van der Waals surface area contributed by atoms with Crippen molar-refractivity contribution in [1.82, 2.24) is 24.7 Å². The second-order valence-electron chi connectivity index (χ2n) is 5.89. The van der Waals surface area contributed by atoms with Gasteiger partial charge in [-0.2, -0.15) is 0 Å². The Bertz CT molecular complexity index is 1080. The number of rotatable bonds is 6. The first kappa shape index (κ1) is 17.3. The average Bonchev–Trinajstić information content (AvgIpc) is 3.39. The molecule has 0 radical (unpaired) electrons. The highest BCUT2D eigenvalue weighted by Crippen LogP contribution is 2.26. The van der Waals surface area contributed by atoms with Crippen molar-refractivity contribution in [3.05, 3.63) is 42.2 Å². The molecular weight excluding hydrogens is 366 g/mol. The molecule has 0 atom stereocenters. The smallest absolute Gasteiger partial charge is 0.257 e. The number of aromatic nitrogens is 5. The maximum absolute atomic E-state index is 12.6. The number of hydrogen-bond acceptors (Lipinski definition) is 8. The molecule has 0 aliphatic carbocycles. The molecule has 4 rings (SSSR count). The number of hydrogen-bond donors (Lipinski definition) is 2. The van der Waals surface area contributed by atoms with Crippen molar-refractivity contribution in [3.8, 4) is 10.8 Å². The minimum atomic E-state index is -0.272. The molecule has 9 nitrogen and oxygen atoms in total. The summed E-state index contributed by atoms with van der Waals surface area (Å²) in [7, 11) is 0. The number of anilines is 1. The molecule has 0 spiro atoms. The number of oxazole rings is 1. The Morgan fingerprint density at radius 1 is 1.37 bits per heavy atom. The lowest BCUT2D eigenvalue weighted by molar-refractivity contribution is 0.102. The average molecular weight is 383 g/mol. The van der Waals surface area contributed by atoms with Crippen LogP contribution in [0, 0.1) is 6.92 Å². The maximum atomic E-state index is 12.6. The van der Waals surface area contributed by atoms with Gasteiger partial charge in [-0.25, -0.2) is 9.97 Å². The molecule has 10 heteroatoms. The van der Waals surface area contributed by atoms with Crippen LogP contribution in [0.25, 0.3) is 21.8 Å². The molecule has 4 aromatic rings. The second kappa shape index (κ2) is 7.25. The normalized spacial score (nSPS) is 11.2. The van der Waals surface area contributed by atoms with Crippen LogP contribution in [0.4, 0.5) is 5.13 Å². The minimum absolute atomic E-state index is 0.272. The monoisotopic (exact) mass is 383 g/mol. The van der Waals surface area contributed by atoms with E-state index in [9.17, 15) is 4.79 Å². The van der Waals surface area contributed by atoms with E-state index in [0.717, 1.165) is 29.8 Å². The van der Waals surface area contributed by atoms with Gasteiger partial charge in [-0.3, -0.25) is 10.1 Å². The van der Waals surface area contributed by atoms with Crippen LogP contribution in [-0.2, 0) is 6.54 Å². The van der Waals surface area contributed by atoms with Crippen LogP contribution in [0.3, 0.4) is 0 Å². The first-order valence-electron chi connectivity index (χ1n) is 8.36. The molecule has 3 heterocycles. The highest BCUT2D eigenvalue weighted by atomic mass is 32.1. The van der Waals surface area contributed by atoms with Crippen LogP contribution in [-0.4, -0.2) is 37.2 Å². The summed E-state index contributed by atoms with van der Waals surface area (Å²) in [6.07, 6.45) is 3.74. The Morgan fingerprint density at radius 3 is 3.04 bits per heavy atom. The van der Waals surface area contributed by atoms with Gasteiger partial charge in [0.15, 0.2) is 17.2 Å². The van der Waals surface area contributed by atoms with Crippen molar-refractivity contribution in [2.45, 2.75) is 19.9 Å². The lowest BCUT2D eigenvalue weighted by Gasteiger charge is -2.06. The van der Waals surface area contributed by atoms with E-state index < -0.39 is 0 Å². The Kier molecular flexibility index (Phi) is 4.65. The van der Waals surface area contributed by atoms with Crippen LogP contribution in [0.2, 0.25) is 0 Å². The molecule has 0 aliphatic heterocycles.